The van der Waals surface area contributed by atoms with Crippen LogP contribution < -0.4 is 19.8 Å². The minimum atomic E-state index is -0.416. The smallest absolute Gasteiger partial charge is 0.278 e. The normalized spacial score (nSPS) is 13.7. The van der Waals surface area contributed by atoms with Crippen molar-refractivity contribution in [1.82, 2.24) is 15.4 Å². The Morgan fingerprint density at radius 1 is 1.32 bits per heavy atom. The molecular weight excluding hydrogens is 362 g/mol. The molecule has 0 radical (unpaired) electrons. The van der Waals surface area contributed by atoms with Crippen LogP contribution in [0.1, 0.15) is 24.1 Å². The van der Waals surface area contributed by atoms with Gasteiger partial charge in [0.1, 0.15) is 0 Å². The molecule has 148 valence electrons. The van der Waals surface area contributed by atoms with E-state index in [9.17, 15) is 9.90 Å². The second kappa shape index (κ2) is 9.03. The second-order valence-corrected chi connectivity index (χ2v) is 6.35. The first-order chi connectivity index (χ1) is 13.5. The molecule has 0 atom stereocenters. The molecule has 2 N–H and O–H groups in total. The number of hydrazone groups is 1. The summed E-state index contributed by atoms with van der Waals surface area (Å²) in [7, 11) is 1.46. The predicted molar refractivity (Wildman–Crippen MR) is 104 cm³/mol. The van der Waals surface area contributed by atoms with E-state index in [1.165, 1.54) is 19.4 Å². The second-order valence-electron chi connectivity index (χ2n) is 6.35. The van der Waals surface area contributed by atoms with Crippen LogP contribution in [0, 0.1) is 6.92 Å². The number of ether oxygens (including phenoxy) is 2. The van der Waals surface area contributed by atoms with Crippen LogP contribution in [0.25, 0.3) is 0 Å². The molecular formula is C19H23N5O4. The van der Waals surface area contributed by atoms with E-state index in [1.807, 2.05) is 6.92 Å². The Bertz CT molecular complexity index is 865. The fourth-order valence-electron chi connectivity index (χ4n) is 2.78. The van der Waals surface area contributed by atoms with Crippen LogP contribution in [0.4, 0.5) is 5.95 Å². The van der Waals surface area contributed by atoms with Crippen molar-refractivity contribution < 1.29 is 19.4 Å². The molecule has 1 aliphatic heterocycles. The highest BCUT2D eigenvalue weighted by molar-refractivity contribution is 5.83. The molecule has 0 aliphatic carbocycles. The predicted octanol–water partition coefficient (Wildman–Crippen LogP) is 1.63. The molecule has 9 heteroatoms. The third-order valence-corrected chi connectivity index (χ3v) is 4.17. The number of anilines is 1. The SMILES string of the molecule is COc1cc(C=NNC(=O)COc2cc(C)nc(N3CCCC3)n2)ccc1O. The zero-order chi connectivity index (χ0) is 19.9. The van der Waals surface area contributed by atoms with Gasteiger partial charge >= 0.3 is 0 Å². The van der Waals surface area contributed by atoms with Crippen LogP contribution in [0.2, 0.25) is 0 Å². The van der Waals surface area contributed by atoms with Crippen molar-refractivity contribution in [3.63, 3.8) is 0 Å². The van der Waals surface area contributed by atoms with Gasteiger partial charge in [0.15, 0.2) is 18.1 Å². The summed E-state index contributed by atoms with van der Waals surface area (Å²) < 4.78 is 10.5. The van der Waals surface area contributed by atoms with E-state index < -0.39 is 5.91 Å². The number of amides is 1. The number of aryl methyl sites for hydroxylation is 1. The zero-order valence-corrected chi connectivity index (χ0v) is 15.9. The van der Waals surface area contributed by atoms with Crippen LogP contribution in [0.3, 0.4) is 0 Å². The summed E-state index contributed by atoms with van der Waals surface area (Å²) in [5.41, 5.74) is 3.83. The Morgan fingerprint density at radius 3 is 2.86 bits per heavy atom. The number of hydrogen-bond donors (Lipinski definition) is 2. The van der Waals surface area contributed by atoms with E-state index in [4.69, 9.17) is 9.47 Å². The number of phenolic OH excluding ortho intramolecular Hbond substituents is 1. The summed E-state index contributed by atoms with van der Waals surface area (Å²) in [6.07, 6.45) is 3.70. The van der Waals surface area contributed by atoms with Crippen LogP contribution in [0.15, 0.2) is 29.4 Å². The molecule has 1 fully saturated rings. The highest BCUT2D eigenvalue weighted by Crippen LogP contribution is 2.25. The van der Waals surface area contributed by atoms with E-state index in [2.05, 4.69) is 25.4 Å². The zero-order valence-electron chi connectivity index (χ0n) is 15.9. The van der Waals surface area contributed by atoms with Gasteiger partial charge in [0.05, 0.1) is 13.3 Å². The first kappa shape index (κ1) is 19.4. The number of carbonyl (C=O) groups is 1. The van der Waals surface area contributed by atoms with Crippen LogP contribution in [0.5, 0.6) is 17.4 Å². The molecule has 0 spiro atoms. The number of phenols is 1. The average molecular weight is 385 g/mol. The fourth-order valence-corrected chi connectivity index (χ4v) is 2.78. The maximum atomic E-state index is 11.9. The maximum Gasteiger partial charge on any atom is 0.278 e. The molecule has 1 aromatic heterocycles. The number of rotatable bonds is 7. The van der Waals surface area contributed by atoms with Crippen LogP contribution in [-0.4, -0.2) is 54.0 Å². The van der Waals surface area contributed by atoms with Crippen molar-refractivity contribution in [2.24, 2.45) is 5.10 Å². The number of nitrogens with one attached hydrogen (secondary N) is 1. The lowest BCUT2D eigenvalue weighted by Gasteiger charge is -2.16. The van der Waals surface area contributed by atoms with Gasteiger partial charge in [0.2, 0.25) is 11.8 Å². The molecule has 0 saturated carbocycles. The van der Waals surface area contributed by atoms with Gasteiger partial charge in [-0.05, 0) is 43.5 Å². The largest absolute Gasteiger partial charge is 0.504 e. The lowest BCUT2D eigenvalue weighted by molar-refractivity contribution is -0.123. The summed E-state index contributed by atoms with van der Waals surface area (Å²) in [6, 6.07) is 6.43. The monoisotopic (exact) mass is 385 g/mol. The lowest BCUT2D eigenvalue weighted by atomic mass is 10.2. The maximum absolute atomic E-state index is 11.9. The minimum Gasteiger partial charge on any atom is -0.504 e. The molecule has 3 rings (SSSR count). The average Bonchev–Trinajstić information content (AvgIpc) is 3.22. The van der Waals surface area contributed by atoms with Gasteiger partial charge in [-0.25, -0.2) is 10.4 Å². The Hall–Kier alpha value is -3.36. The number of nitrogens with zero attached hydrogens (tertiary/aromatic N) is 4. The van der Waals surface area contributed by atoms with E-state index in [0.29, 0.717) is 23.1 Å². The van der Waals surface area contributed by atoms with Gasteiger partial charge in [-0.1, -0.05) is 0 Å². The summed E-state index contributed by atoms with van der Waals surface area (Å²) in [6.45, 7) is 3.51. The van der Waals surface area contributed by atoms with E-state index in [0.717, 1.165) is 31.6 Å². The van der Waals surface area contributed by atoms with Gasteiger partial charge in [-0.15, -0.1) is 0 Å². The summed E-state index contributed by atoms with van der Waals surface area (Å²) >= 11 is 0. The topological polar surface area (TPSA) is 109 Å². The number of methoxy groups -OCH3 is 1. The third kappa shape index (κ3) is 5.09. The first-order valence-corrected chi connectivity index (χ1v) is 8.97. The van der Waals surface area contributed by atoms with Crippen molar-refractivity contribution in [3.8, 4) is 17.4 Å². The van der Waals surface area contributed by atoms with Gasteiger partial charge < -0.3 is 19.5 Å². The molecule has 1 amide bonds. The summed E-state index contributed by atoms with van der Waals surface area (Å²) in [5, 5.41) is 13.4. The van der Waals surface area contributed by atoms with Gasteiger partial charge in [-0.3, -0.25) is 4.79 Å². The molecule has 1 aromatic carbocycles. The summed E-state index contributed by atoms with van der Waals surface area (Å²) in [4.78, 5) is 22.9. The molecule has 1 aliphatic rings. The Morgan fingerprint density at radius 2 is 2.11 bits per heavy atom. The highest BCUT2D eigenvalue weighted by Gasteiger charge is 2.16. The number of hydrogen-bond acceptors (Lipinski definition) is 8. The Labute approximate surface area is 163 Å². The van der Waals surface area contributed by atoms with Crippen molar-refractivity contribution in [2.75, 3.05) is 31.7 Å². The van der Waals surface area contributed by atoms with Gasteiger partial charge in [0.25, 0.3) is 5.91 Å². The minimum absolute atomic E-state index is 0.0329. The van der Waals surface area contributed by atoms with Crippen molar-refractivity contribution in [1.29, 1.82) is 0 Å². The van der Waals surface area contributed by atoms with Gasteiger partial charge in [0, 0.05) is 24.8 Å². The van der Waals surface area contributed by atoms with Crippen LogP contribution in [-0.2, 0) is 4.79 Å². The number of benzene rings is 1. The summed E-state index contributed by atoms with van der Waals surface area (Å²) in [5.74, 6) is 0.932. The fraction of sp³-hybridized carbons (Fsp3) is 0.368. The van der Waals surface area contributed by atoms with Crippen molar-refractivity contribution >= 4 is 18.1 Å². The van der Waals surface area contributed by atoms with Crippen molar-refractivity contribution in [2.45, 2.75) is 19.8 Å². The molecule has 0 unspecified atom stereocenters. The Kier molecular flexibility index (Phi) is 6.25. The molecule has 0 bridgehead atoms. The molecule has 1 saturated heterocycles. The molecule has 2 aromatic rings. The van der Waals surface area contributed by atoms with Crippen LogP contribution >= 0.6 is 0 Å². The number of aromatic nitrogens is 2. The lowest BCUT2D eigenvalue weighted by Crippen LogP contribution is -2.25. The number of carbonyl (C=O) groups excluding carboxylic acids is 1. The molecule has 9 nitrogen and oxygen atoms in total. The molecule has 2 heterocycles. The highest BCUT2D eigenvalue weighted by atomic mass is 16.5. The van der Waals surface area contributed by atoms with Crippen molar-refractivity contribution in [3.05, 3.63) is 35.5 Å². The molecule has 28 heavy (non-hydrogen) atoms. The third-order valence-electron chi connectivity index (χ3n) is 4.17. The van der Waals surface area contributed by atoms with E-state index in [1.54, 1.807) is 18.2 Å². The first-order valence-electron chi connectivity index (χ1n) is 8.97. The van der Waals surface area contributed by atoms with E-state index >= 15 is 0 Å². The quantitative estimate of drug-likeness (QED) is 0.551. The Balaban J connectivity index is 1.53. The standard InChI is InChI=1S/C19H23N5O4/c1-13-9-18(22-19(21-13)24-7-3-4-8-24)28-12-17(26)23-20-11-14-5-6-15(25)16(10-14)27-2/h5-6,9-11,25H,3-4,7-8,12H2,1-2H3,(H,23,26). The van der Waals surface area contributed by atoms with Gasteiger partial charge in [-0.2, -0.15) is 10.1 Å². The number of aromatic hydroxyl groups is 1. The van der Waals surface area contributed by atoms with E-state index in [-0.39, 0.29) is 12.4 Å².